The van der Waals surface area contributed by atoms with E-state index in [9.17, 15) is 0 Å². The Labute approximate surface area is 146 Å². The maximum Gasteiger partial charge on any atom is 0.123 e. The maximum absolute atomic E-state index is 5.40. The fourth-order valence-corrected chi connectivity index (χ4v) is 2.96. The van der Waals surface area contributed by atoms with Crippen LogP contribution in [0.15, 0.2) is 79.1 Å². The molecule has 0 spiro atoms. The molecule has 4 nitrogen and oxygen atoms in total. The Morgan fingerprint density at radius 2 is 1.76 bits per heavy atom. The van der Waals surface area contributed by atoms with Crippen LogP contribution in [0.5, 0.6) is 5.75 Å². The number of methoxy groups -OCH3 is 1. The van der Waals surface area contributed by atoms with Crippen molar-refractivity contribution in [2.45, 2.75) is 6.54 Å². The van der Waals surface area contributed by atoms with E-state index in [0.717, 1.165) is 33.7 Å². The average molecular weight is 329 g/mol. The number of imidazole rings is 1. The summed E-state index contributed by atoms with van der Waals surface area (Å²) in [4.78, 5) is 4.54. The molecule has 1 heterocycles. The van der Waals surface area contributed by atoms with Crippen LogP contribution in [0.1, 0.15) is 5.56 Å². The van der Waals surface area contributed by atoms with Gasteiger partial charge in [-0.25, -0.2) is 4.98 Å². The minimum absolute atomic E-state index is 0.703. The predicted molar refractivity (Wildman–Crippen MR) is 101 cm³/mol. The topological polar surface area (TPSA) is 39.1 Å². The van der Waals surface area contributed by atoms with Gasteiger partial charge in [-0.2, -0.15) is 0 Å². The van der Waals surface area contributed by atoms with Crippen molar-refractivity contribution < 1.29 is 4.74 Å². The van der Waals surface area contributed by atoms with Gasteiger partial charge in [0.15, 0.2) is 0 Å². The second kappa shape index (κ2) is 6.69. The first-order chi connectivity index (χ1) is 12.3. The molecule has 4 rings (SSSR count). The Balaban J connectivity index is 1.58. The lowest BCUT2D eigenvalue weighted by atomic mass is 10.2. The van der Waals surface area contributed by atoms with E-state index < -0.39 is 0 Å². The zero-order chi connectivity index (χ0) is 17.1. The first-order valence-electron chi connectivity index (χ1n) is 8.23. The molecule has 25 heavy (non-hydrogen) atoms. The fourth-order valence-electron chi connectivity index (χ4n) is 2.96. The highest BCUT2D eigenvalue weighted by Gasteiger charge is 2.06. The molecule has 0 fully saturated rings. The minimum atomic E-state index is 0.703. The van der Waals surface area contributed by atoms with Crippen molar-refractivity contribution in [2.75, 3.05) is 12.4 Å². The predicted octanol–water partition coefficient (Wildman–Crippen LogP) is 4.65. The monoisotopic (exact) mass is 329 g/mol. The molecule has 0 atom stereocenters. The van der Waals surface area contributed by atoms with Gasteiger partial charge in [-0.15, -0.1) is 0 Å². The Morgan fingerprint density at radius 1 is 0.960 bits per heavy atom. The second-order valence-electron chi connectivity index (χ2n) is 5.82. The van der Waals surface area contributed by atoms with Crippen molar-refractivity contribution in [1.29, 1.82) is 0 Å². The average Bonchev–Trinajstić information content (AvgIpc) is 3.10. The van der Waals surface area contributed by atoms with Gasteiger partial charge in [0, 0.05) is 23.5 Å². The van der Waals surface area contributed by atoms with Gasteiger partial charge in [-0.1, -0.05) is 36.4 Å². The lowest BCUT2D eigenvalue weighted by Gasteiger charge is -2.10. The van der Waals surface area contributed by atoms with E-state index in [2.05, 4.69) is 51.3 Å². The standard InChI is InChI=1S/C21H19N3O/c1-25-21-10-6-5-7-16(21)14-22-17-11-12-20-19(13-17)23-15-24(20)18-8-3-2-4-9-18/h2-13,15,22H,14H2,1H3. The number of rotatable bonds is 5. The molecule has 4 heteroatoms. The number of anilines is 1. The summed E-state index contributed by atoms with van der Waals surface area (Å²) in [5.74, 6) is 0.893. The molecule has 0 unspecified atom stereocenters. The van der Waals surface area contributed by atoms with Crippen molar-refractivity contribution in [3.8, 4) is 11.4 Å². The van der Waals surface area contributed by atoms with Crippen LogP contribution in [0.25, 0.3) is 16.7 Å². The third kappa shape index (κ3) is 3.06. The summed E-state index contributed by atoms with van der Waals surface area (Å²) >= 11 is 0. The number of nitrogens with zero attached hydrogens (tertiary/aromatic N) is 2. The molecule has 0 radical (unpaired) electrons. The van der Waals surface area contributed by atoms with E-state index in [1.807, 2.05) is 42.7 Å². The minimum Gasteiger partial charge on any atom is -0.496 e. The maximum atomic E-state index is 5.40. The Bertz CT molecular complexity index is 992. The Morgan fingerprint density at radius 3 is 2.60 bits per heavy atom. The summed E-state index contributed by atoms with van der Waals surface area (Å²) < 4.78 is 7.50. The number of aromatic nitrogens is 2. The van der Waals surface area contributed by atoms with E-state index in [4.69, 9.17) is 4.74 Å². The van der Waals surface area contributed by atoms with Crippen molar-refractivity contribution in [1.82, 2.24) is 9.55 Å². The molecule has 0 amide bonds. The third-order valence-corrected chi connectivity index (χ3v) is 4.26. The lowest BCUT2D eigenvalue weighted by molar-refractivity contribution is 0.410. The van der Waals surface area contributed by atoms with Crippen LogP contribution in [0.4, 0.5) is 5.69 Å². The first kappa shape index (κ1) is 15.3. The molecule has 1 N–H and O–H groups in total. The molecule has 0 saturated heterocycles. The molecule has 0 aliphatic rings. The highest BCUT2D eigenvalue weighted by atomic mass is 16.5. The zero-order valence-electron chi connectivity index (χ0n) is 14.0. The largest absolute Gasteiger partial charge is 0.496 e. The number of fused-ring (bicyclic) bond motifs is 1. The molecule has 0 bridgehead atoms. The van der Waals surface area contributed by atoms with E-state index in [1.54, 1.807) is 7.11 Å². The van der Waals surface area contributed by atoms with Crippen molar-refractivity contribution in [3.05, 3.63) is 84.7 Å². The molecule has 124 valence electrons. The summed E-state index contributed by atoms with van der Waals surface area (Å²) in [6, 6.07) is 24.5. The van der Waals surface area contributed by atoms with Crippen LogP contribution in [0.3, 0.4) is 0 Å². The molecular weight excluding hydrogens is 310 g/mol. The smallest absolute Gasteiger partial charge is 0.123 e. The van der Waals surface area contributed by atoms with Crippen LogP contribution >= 0.6 is 0 Å². The van der Waals surface area contributed by atoms with E-state index in [1.165, 1.54) is 0 Å². The normalized spacial score (nSPS) is 10.8. The molecule has 0 aliphatic heterocycles. The zero-order valence-corrected chi connectivity index (χ0v) is 14.0. The van der Waals surface area contributed by atoms with E-state index >= 15 is 0 Å². The van der Waals surface area contributed by atoms with Crippen LogP contribution < -0.4 is 10.1 Å². The molecule has 0 aliphatic carbocycles. The van der Waals surface area contributed by atoms with Gasteiger partial charge in [0.05, 0.1) is 18.1 Å². The Hall–Kier alpha value is -3.27. The van der Waals surface area contributed by atoms with Gasteiger partial charge in [0.2, 0.25) is 0 Å². The SMILES string of the molecule is COc1ccccc1CNc1ccc2c(c1)ncn2-c1ccccc1. The van der Waals surface area contributed by atoms with E-state index in [0.29, 0.717) is 6.54 Å². The number of para-hydroxylation sites is 2. The van der Waals surface area contributed by atoms with Crippen LogP contribution in [0, 0.1) is 0 Å². The number of nitrogens with one attached hydrogen (secondary N) is 1. The summed E-state index contributed by atoms with van der Waals surface area (Å²) in [6.07, 6.45) is 1.87. The summed E-state index contributed by atoms with van der Waals surface area (Å²) in [7, 11) is 1.70. The summed E-state index contributed by atoms with van der Waals surface area (Å²) in [5, 5.41) is 3.45. The third-order valence-electron chi connectivity index (χ3n) is 4.26. The van der Waals surface area contributed by atoms with Crippen molar-refractivity contribution >= 4 is 16.7 Å². The van der Waals surface area contributed by atoms with Gasteiger partial charge in [0.25, 0.3) is 0 Å². The molecule has 4 aromatic rings. The van der Waals surface area contributed by atoms with Gasteiger partial charge >= 0.3 is 0 Å². The lowest BCUT2D eigenvalue weighted by Crippen LogP contribution is -2.01. The number of ether oxygens (including phenoxy) is 1. The van der Waals surface area contributed by atoms with Gasteiger partial charge in [-0.3, -0.25) is 4.57 Å². The van der Waals surface area contributed by atoms with Crippen LogP contribution in [-0.4, -0.2) is 16.7 Å². The van der Waals surface area contributed by atoms with Crippen LogP contribution in [-0.2, 0) is 6.54 Å². The molecule has 3 aromatic carbocycles. The Kier molecular flexibility index (Phi) is 4.09. The van der Waals surface area contributed by atoms with Gasteiger partial charge in [0.1, 0.15) is 12.1 Å². The highest BCUT2D eigenvalue weighted by Crippen LogP contribution is 2.23. The second-order valence-corrected chi connectivity index (χ2v) is 5.82. The number of hydrogen-bond acceptors (Lipinski definition) is 3. The quantitative estimate of drug-likeness (QED) is 0.579. The highest BCUT2D eigenvalue weighted by molar-refractivity contribution is 5.81. The van der Waals surface area contributed by atoms with E-state index in [-0.39, 0.29) is 0 Å². The number of hydrogen-bond donors (Lipinski definition) is 1. The van der Waals surface area contributed by atoms with Crippen LogP contribution in [0.2, 0.25) is 0 Å². The fraction of sp³-hybridized carbons (Fsp3) is 0.0952. The van der Waals surface area contributed by atoms with Gasteiger partial charge < -0.3 is 10.1 Å². The first-order valence-corrected chi connectivity index (χ1v) is 8.23. The summed E-state index contributed by atoms with van der Waals surface area (Å²) in [5.41, 5.74) is 5.33. The molecular formula is C21H19N3O. The molecule has 0 saturated carbocycles. The number of benzene rings is 3. The van der Waals surface area contributed by atoms with Gasteiger partial charge in [-0.05, 0) is 36.4 Å². The van der Waals surface area contributed by atoms with Crippen molar-refractivity contribution in [2.24, 2.45) is 0 Å². The summed E-state index contributed by atoms with van der Waals surface area (Å²) in [6.45, 7) is 0.703. The van der Waals surface area contributed by atoms with Crippen molar-refractivity contribution in [3.63, 3.8) is 0 Å². The molecule has 1 aromatic heterocycles.